The second-order valence-electron chi connectivity index (χ2n) is 3.09. The molecular weight excluding hydrogens is 194 g/mol. The van der Waals surface area contributed by atoms with Crippen LogP contribution in [0.5, 0.6) is 0 Å². The molecule has 0 bridgehead atoms. The molecule has 1 aromatic rings. The molecule has 0 saturated heterocycles. The Labute approximate surface area is 87.4 Å². The van der Waals surface area contributed by atoms with Crippen molar-refractivity contribution >= 4 is 22.6 Å². The highest BCUT2D eigenvalue weighted by Gasteiger charge is 2.12. The Bertz CT molecular complexity index is 359. The van der Waals surface area contributed by atoms with Crippen molar-refractivity contribution < 1.29 is 4.79 Å². The van der Waals surface area contributed by atoms with Crippen molar-refractivity contribution in [3.05, 3.63) is 35.9 Å². The van der Waals surface area contributed by atoms with Gasteiger partial charge in [-0.15, -0.1) is 11.8 Å². The van der Waals surface area contributed by atoms with Gasteiger partial charge in [-0.1, -0.05) is 30.3 Å². The maximum atomic E-state index is 11.7. The van der Waals surface area contributed by atoms with Crippen LogP contribution in [0.2, 0.25) is 0 Å². The van der Waals surface area contributed by atoms with Gasteiger partial charge in [0.2, 0.25) is 0 Å². The molecule has 0 unspecified atom stereocenters. The molecule has 0 radical (unpaired) electrons. The first-order valence-electron chi connectivity index (χ1n) is 4.60. The van der Waals surface area contributed by atoms with Crippen molar-refractivity contribution in [3.63, 3.8) is 0 Å². The number of hydrogen-bond donors (Lipinski definition) is 0. The van der Waals surface area contributed by atoms with E-state index in [9.17, 15) is 4.79 Å². The third kappa shape index (κ3) is 2.23. The second kappa shape index (κ2) is 4.42. The molecule has 0 atom stereocenters. The van der Waals surface area contributed by atoms with Crippen LogP contribution in [0.15, 0.2) is 35.3 Å². The van der Waals surface area contributed by atoms with E-state index in [0.717, 1.165) is 22.9 Å². The fraction of sp³-hybridized carbons (Fsp3) is 0.273. The molecule has 0 aliphatic carbocycles. The van der Waals surface area contributed by atoms with E-state index in [4.69, 9.17) is 0 Å². The largest absolute Gasteiger partial charge is 0.294 e. The average molecular weight is 205 g/mol. The molecule has 0 N–H and O–H groups in total. The Hall–Kier alpha value is -1.09. The average Bonchev–Trinajstić information content (AvgIpc) is 2.72. The van der Waals surface area contributed by atoms with Gasteiger partial charge in [0.25, 0.3) is 0 Å². The summed E-state index contributed by atoms with van der Waals surface area (Å²) in [5.41, 5.74) is 0.780. The summed E-state index contributed by atoms with van der Waals surface area (Å²) < 4.78 is 0. The van der Waals surface area contributed by atoms with E-state index in [1.807, 2.05) is 30.3 Å². The number of rotatable bonds is 3. The van der Waals surface area contributed by atoms with E-state index < -0.39 is 0 Å². The third-order valence-electron chi connectivity index (χ3n) is 2.06. The second-order valence-corrected chi connectivity index (χ2v) is 4.26. The van der Waals surface area contributed by atoms with Crippen LogP contribution in [-0.4, -0.2) is 23.1 Å². The van der Waals surface area contributed by atoms with Gasteiger partial charge in [0.1, 0.15) is 0 Å². The highest BCUT2D eigenvalue weighted by Crippen LogP contribution is 2.16. The van der Waals surface area contributed by atoms with Crippen molar-refractivity contribution in [1.82, 2.24) is 0 Å². The molecule has 72 valence electrons. The number of thioether (sulfide) groups is 1. The maximum Gasteiger partial charge on any atom is 0.169 e. The molecule has 1 aliphatic heterocycles. The lowest BCUT2D eigenvalue weighted by Gasteiger charge is -1.99. The summed E-state index contributed by atoms with van der Waals surface area (Å²) in [4.78, 5) is 16.0. The van der Waals surface area contributed by atoms with E-state index in [1.54, 1.807) is 11.8 Å². The predicted octanol–water partition coefficient (Wildman–Crippen LogP) is 2.40. The summed E-state index contributed by atoms with van der Waals surface area (Å²) >= 11 is 1.69. The van der Waals surface area contributed by atoms with Crippen molar-refractivity contribution in [2.45, 2.75) is 6.42 Å². The van der Waals surface area contributed by atoms with Gasteiger partial charge in [0.05, 0.1) is 11.5 Å². The van der Waals surface area contributed by atoms with Crippen molar-refractivity contribution in [1.29, 1.82) is 0 Å². The molecule has 0 amide bonds. The topological polar surface area (TPSA) is 29.4 Å². The molecule has 14 heavy (non-hydrogen) atoms. The van der Waals surface area contributed by atoms with Crippen molar-refractivity contribution in [3.8, 4) is 0 Å². The Morgan fingerprint density at radius 1 is 1.36 bits per heavy atom. The van der Waals surface area contributed by atoms with Gasteiger partial charge in [0, 0.05) is 17.9 Å². The molecule has 2 rings (SSSR count). The first kappa shape index (κ1) is 9.46. The summed E-state index contributed by atoms with van der Waals surface area (Å²) in [5, 5.41) is 0.985. The fourth-order valence-corrected chi connectivity index (χ4v) is 2.18. The minimum atomic E-state index is 0.166. The normalized spacial score (nSPS) is 15.3. The van der Waals surface area contributed by atoms with Gasteiger partial charge in [-0.25, -0.2) is 0 Å². The molecular formula is C11H11NOS. The Kier molecular flexibility index (Phi) is 2.99. The van der Waals surface area contributed by atoms with Crippen LogP contribution < -0.4 is 0 Å². The van der Waals surface area contributed by atoms with E-state index in [0.29, 0.717) is 6.42 Å². The van der Waals surface area contributed by atoms with Crippen LogP contribution >= 0.6 is 11.8 Å². The van der Waals surface area contributed by atoms with Gasteiger partial charge >= 0.3 is 0 Å². The maximum absolute atomic E-state index is 11.7. The summed E-state index contributed by atoms with van der Waals surface area (Å²) in [6, 6.07) is 9.39. The molecule has 1 aliphatic rings. The number of carbonyl (C=O) groups is 1. The molecule has 0 aromatic heterocycles. The monoisotopic (exact) mass is 205 g/mol. The van der Waals surface area contributed by atoms with Gasteiger partial charge in [-0.3, -0.25) is 9.79 Å². The third-order valence-corrected chi connectivity index (χ3v) is 3.05. The first-order chi connectivity index (χ1) is 6.86. The molecule has 0 saturated carbocycles. The van der Waals surface area contributed by atoms with Crippen molar-refractivity contribution in [2.24, 2.45) is 4.99 Å². The van der Waals surface area contributed by atoms with E-state index >= 15 is 0 Å². The summed E-state index contributed by atoms with van der Waals surface area (Å²) in [7, 11) is 0. The number of benzene rings is 1. The van der Waals surface area contributed by atoms with Gasteiger partial charge < -0.3 is 0 Å². The summed E-state index contributed by atoms with van der Waals surface area (Å²) in [6.45, 7) is 0.863. The van der Waals surface area contributed by atoms with E-state index in [-0.39, 0.29) is 5.78 Å². The van der Waals surface area contributed by atoms with Crippen LogP contribution in [0, 0.1) is 0 Å². The van der Waals surface area contributed by atoms with Gasteiger partial charge in [-0.2, -0.15) is 0 Å². The fourth-order valence-electron chi connectivity index (χ4n) is 1.35. The van der Waals surface area contributed by atoms with Crippen LogP contribution in [0.1, 0.15) is 16.8 Å². The van der Waals surface area contributed by atoms with Crippen LogP contribution in [-0.2, 0) is 0 Å². The van der Waals surface area contributed by atoms with Gasteiger partial charge in [-0.05, 0) is 0 Å². The highest BCUT2D eigenvalue weighted by molar-refractivity contribution is 8.14. The van der Waals surface area contributed by atoms with Gasteiger partial charge in [0.15, 0.2) is 5.78 Å². The lowest BCUT2D eigenvalue weighted by molar-refractivity contribution is 0.100. The molecule has 2 nitrogen and oxygen atoms in total. The van der Waals surface area contributed by atoms with E-state index in [1.165, 1.54) is 0 Å². The Morgan fingerprint density at radius 3 is 2.79 bits per heavy atom. The quantitative estimate of drug-likeness (QED) is 0.709. The number of carbonyl (C=O) groups excluding carboxylic acids is 1. The smallest absolute Gasteiger partial charge is 0.169 e. The zero-order chi connectivity index (χ0) is 9.80. The zero-order valence-corrected chi connectivity index (χ0v) is 8.59. The Balaban J connectivity index is 2.03. The molecule has 0 spiro atoms. The Morgan fingerprint density at radius 2 is 2.14 bits per heavy atom. The zero-order valence-electron chi connectivity index (χ0n) is 7.77. The van der Waals surface area contributed by atoms with Crippen molar-refractivity contribution in [2.75, 3.05) is 12.3 Å². The number of Topliss-reactive ketones (excluding diaryl/α,β-unsaturated/α-hetero) is 1. The predicted molar refractivity (Wildman–Crippen MR) is 60.1 cm³/mol. The van der Waals surface area contributed by atoms with Crippen LogP contribution in [0.3, 0.4) is 0 Å². The molecule has 3 heteroatoms. The van der Waals surface area contributed by atoms with Crippen LogP contribution in [0.25, 0.3) is 0 Å². The first-order valence-corrected chi connectivity index (χ1v) is 5.59. The number of ketones is 1. The SMILES string of the molecule is O=C(CC1=NCCS1)c1ccccc1. The number of hydrogen-bond acceptors (Lipinski definition) is 3. The lowest BCUT2D eigenvalue weighted by atomic mass is 10.1. The number of nitrogens with zero attached hydrogens (tertiary/aromatic N) is 1. The molecule has 1 aromatic carbocycles. The lowest BCUT2D eigenvalue weighted by Crippen LogP contribution is -2.03. The standard InChI is InChI=1S/C11H11NOS/c13-10(8-11-12-6-7-14-11)9-4-2-1-3-5-9/h1-5H,6-8H2. The minimum absolute atomic E-state index is 0.166. The highest BCUT2D eigenvalue weighted by atomic mass is 32.2. The molecule has 0 fully saturated rings. The van der Waals surface area contributed by atoms with E-state index in [2.05, 4.69) is 4.99 Å². The summed E-state index contributed by atoms with van der Waals surface area (Å²) in [6.07, 6.45) is 0.467. The number of aliphatic imine (C=N–C) groups is 1. The molecule has 1 heterocycles. The summed E-state index contributed by atoms with van der Waals surface area (Å²) in [5.74, 6) is 1.19. The van der Waals surface area contributed by atoms with Crippen LogP contribution in [0.4, 0.5) is 0 Å². The minimum Gasteiger partial charge on any atom is -0.294 e.